The van der Waals surface area contributed by atoms with Crippen molar-refractivity contribution in [2.45, 2.75) is 13.8 Å². The van der Waals surface area contributed by atoms with Gasteiger partial charge in [-0.25, -0.2) is 0 Å². The fourth-order valence-electron chi connectivity index (χ4n) is 0.601. The van der Waals surface area contributed by atoms with Gasteiger partial charge in [-0.15, -0.1) is 0 Å². The number of nitrogens with zero attached hydrogens (tertiary/aromatic N) is 1. The molecule has 0 aromatic carbocycles. The second-order valence-corrected chi connectivity index (χ2v) is 2.69. The topological polar surface area (TPSA) is 12.5 Å². The van der Waals surface area contributed by atoms with Crippen molar-refractivity contribution in [1.29, 1.82) is 0 Å². The average Bonchev–Trinajstić information content (AvgIpc) is 2.02. The molecular weight excluding hydrogens is 150 g/mol. The van der Waals surface area contributed by atoms with Crippen molar-refractivity contribution in [2.75, 3.05) is 14.2 Å². The number of rotatable bonds is 4. The summed E-state index contributed by atoms with van der Waals surface area (Å²) in [6, 6.07) is 0. The smallest absolute Gasteiger partial charge is 0.0638 e. The largest absolute Gasteiger partial charge is 0.277 e. The zero-order valence-corrected chi connectivity index (χ0v) is 8.29. The third-order valence-corrected chi connectivity index (χ3v) is 1.49. The molecular formula is C10H17NO. The van der Waals surface area contributed by atoms with Crippen molar-refractivity contribution in [1.82, 2.24) is 5.06 Å². The van der Waals surface area contributed by atoms with E-state index in [2.05, 4.69) is 6.58 Å². The van der Waals surface area contributed by atoms with Crippen LogP contribution < -0.4 is 0 Å². The van der Waals surface area contributed by atoms with Crippen LogP contribution in [0.3, 0.4) is 0 Å². The Labute approximate surface area is 74.8 Å². The van der Waals surface area contributed by atoms with E-state index in [0.29, 0.717) is 0 Å². The summed E-state index contributed by atoms with van der Waals surface area (Å²) in [6.07, 6.45) is 5.87. The zero-order valence-electron chi connectivity index (χ0n) is 8.29. The molecule has 2 nitrogen and oxygen atoms in total. The van der Waals surface area contributed by atoms with Gasteiger partial charge in [0.25, 0.3) is 0 Å². The van der Waals surface area contributed by atoms with Crippen LogP contribution in [0.5, 0.6) is 0 Å². The number of hydrogen-bond acceptors (Lipinski definition) is 2. The molecule has 12 heavy (non-hydrogen) atoms. The third-order valence-electron chi connectivity index (χ3n) is 1.49. The minimum Gasteiger partial charge on any atom is -0.277 e. The van der Waals surface area contributed by atoms with Gasteiger partial charge in [0.05, 0.1) is 7.11 Å². The van der Waals surface area contributed by atoms with Crippen LogP contribution in [-0.4, -0.2) is 19.2 Å². The highest BCUT2D eigenvalue weighted by molar-refractivity contribution is 5.18. The summed E-state index contributed by atoms with van der Waals surface area (Å²) < 4.78 is 0. The molecule has 0 aliphatic carbocycles. The van der Waals surface area contributed by atoms with Crippen LogP contribution in [0, 0.1) is 0 Å². The molecule has 0 saturated heterocycles. The molecule has 0 N–H and O–H groups in total. The Balaban J connectivity index is 4.08. The molecule has 0 aliphatic rings. The maximum atomic E-state index is 4.98. The van der Waals surface area contributed by atoms with Gasteiger partial charge >= 0.3 is 0 Å². The van der Waals surface area contributed by atoms with E-state index in [-0.39, 0.29) is 0 Å². The molecule has 0 unspecified atom stereocenters. The monoisotopic (exact) mass is 167 g/mol. The van der Waals surface area contributed by atoms with Crippen molar-refractivity contribution in [2.24, 2.45) is 0 Å². The summed E-state index contributed by atoms with van der Waals surface area (Å²) in [5, 5.41) is 1.70. The lowest BCUT2D eigenvalue weighted by molar-refractivity contribution is -0.0769. The van der Waals surface area contributed by atoms with Gasteiger partial charge in [-0.05, 0) is 19.9 Å². The molecule has 0 bridgehead atoms. The molecule has 68 valence electrons. The summed E-state index contributed by atoms with van der Waals surface area (Å²) in [6.45, 7) is 7.69. The van der Waals surface area contributed by atoms with Crippen LogP contribution >= 0.6 is 0 Å². The molecule has 0 radical (unpaired) electrons. The second kappa shape index (κ2) is 5.61. The molecule has 0 aromatic rings. The molecule has 0 aliphatic heterocycles. The highest BCUT2D eigenvalue weighted by Crippen LogP contribution is 2.00. The molecule has 0 saturated carbocycles. The van der Waals surface area contributed by atoms with E-state index < -0.39 is 0 Å². The fraction of sp³-hybridized carbons (Fsp3) is 0.400. The molecule has 0 fully saturated rings. The Kier molecular flexibility index (Phi) is 5.13. The van der Waals surface area contributed by atoms with Gasteiger partial charge in [0.15, 0.2) is 0 Å². The molecule has 0 heterocycles. The zero-order chi connectivity index (χ0) is 9.56. The molecule has 2 heteroatoms. The van der Waals surface area contributed by atoms with Crippen LogP contribution in [0.4, 0.5) is 0 Å². The van der Waals surface area contributed by atoms with Crippen LogP contribution in [-0.2, 0) is 4.84 Å². The van der Waals surface area contributed by atoms with E-state index in [0.717, 1.165) is 11.3 Å². The van der Waals surface area contributed by atoms with Crippen molar-refractivity contribution in [3.63, 3.8) is 0 Å². The Morgan fingerprint density at radius 3 is 2.42 bits per heavy atom. The first-order valence-electron chi connectivity index (χ1n) is 3.86. The van der Waals surface area contributed by atoms with Gasteiger partial charge < -0.3 is 0 Å². The van der Waals surface area contributed by atoms with E-state index in [1.54, 1.807) is 12.2 Å². The predicted octanol–water partition coefficient (Wildman–Crippen LogP) is 2.52. The van der Waals surface area contributed by atoms with Crippen LogP contribution in [0.15, 0.2) is 36.1 Å². The Bertz CT molecular complexity index is 204. The summed E-state index contributed by atoms with van der Waals surface area (Å²) in [7, 11) is 3.50. The molecule has 0 amide bonds. The third kappa shape index (κ3) is 4.74. The summed E-state index contributed by atoms with van der Waals surface area (Å²) in [5.74, 6) is 0. The van der Waals surface area contributed by atoms with E-state index in [1.165, 1.54) is 0 Å². The summed E-state index contributed by atoms with van der Waals surface area (Å²) in [5.41, 5.74) is 2.09. The van der Waals surface area contributed by atoms with E-state index >= 15 is 0 Å². The van der Waals surface area contributed by atoms with Gasteiger partial charge in [0.2, 0.25) is 0 Å². The first-order valence-corrected chi connectivity index (χ1v) is 3.86. The van der Waals surface area contributed by atoms with E-state index in [9.17, 15) is 0 Å². The van der Waals surface area contributed by atoms with Crippen LogP contribution in [0.2, 0.25) is 0 Å². The lowest BCUT2D eigenvalue weighted by Gasteiger charge is -2.15. The van der Waals surface area contributed by atoms with Gasteiger partial charge in [-0.1, -0.05) is 24.3 Å². The quantitative estimate of drug-likeness (QED) is 0.471. The summed E-state index contributed by atoms with van der Waals surface area (Å²) >= 11 is 0. The Morgan fingerprint density at radius 2 is 2.00 bits per heavy atom. The molecule has 0 rings (SSSR count). The Hall–Kier alpha value is -1.02. The number of allylic oxidation sites excluding steroid dienone is 5. The van der Waals surface area contributed by atoms with Gasteiger partial charge in [0.1, 0.15) is 0 Å². The van der Waals surface area contributed by atoms with Crippen LogP contribution in [0.25, 0.3) is 0 Å². The molecule has 0 spiro atoms. The summed E-state index contributed by atoms with van der Waals surface area (Å²) in [4.78, 5) is 4.98. The number of hydroxylamine groups is 2. The highest BCUT2D eigenvalue weighted by Gasteiger charge is 1.92. The van der Waals surface area contributed by atoms with Gasteiger partial charge in [-0.3, -0.25) is 9.90 Å². The lowest BCUT2D eigenvalue weighted by Crippen LogP contribution is -2.13. The van der Waals surface area contributed by atoms with Crippen LogP contribution in [0.1, 0.15) is 13.8 Å². The van der Waals surface area contributed by atoms with Crippen molar-refractivity contribution in [3.8, 4) is 0 Å². The minimum atomic E-state index is 1.04. The maximum Gasteiger partial charge on any atom is 0.0638 e. The minimum absolute atomic E-state index is 1.04. The normalized spacial score (nSPS) is 12.2. The highest BCUT2D eigenvalue weighted by atomic mass is 16.7. The van der Waals surface area contributed by atoms with Gasteiger partial charge in [0, 0.05) is 12.7 Å². The van der Waals surface area contributed by atoms with E-state index in [1.807, 2.05) is 39.1 Å². The van der Waals surface area contributed by atoms with Gasteiger partial charge in [-0.2, -0.15) is 0 Å². The van der Waals surface area contributed by atoms with Crippen molar-refractivity contribution >= 4 is 0 Å². The fourth-order valence-corrected chi connectivity index (χ4v) is 0.601. The SMILES string of the molecule is C=C(C)/C=C\C=C(\C)N(C)OC. The second-order valence-electron chi connectivity index (χ2n) is 2.69. The lowest BCUT2D eigenvalue weighted by atomic mass is 10.3. The van der Waals surface area contributed by atoms with Crippen molar-refractivity contribution in [3.05, 3.63) is 36.1 Å². The Morgan fingerprint density at radius 1 is 1.42 bits per heavy atom. The van der Waals surface area contributed by atoms with Crippen molar-refractivity contribution < 1.29 is 4.84 Å². The van der Waals surface area contributed by atoms with E-state index in [4.69, 9.17) is 4.84 Å². The first kappa shape index (κ1) is 11.0. The molecule has 0 atom stereocenters. The molecule has 0 aromatic heterocycles. The maximum absolute atomic E-state index is 4.98. The predicted molar refractivity (Wildman–Crippen MR) is 52.5 cm³/mol. The first-order chi connectivity index (χ1) is 5.57. The number of hydrogen-bond donors (Lipinski definition) is 0. The standard InChI is InChI=1S/C10H17NO/c1-9(2)7-6-8-10(3)11(4)12-5/h6-8H,1H2,2-5H3/b7-6-,10-8-. The average molecular weight is 167 g/mol.